The van der Waals surface area contributed by atoms with E-state index < -0.39 is 0 Å². The highest BCUT2D eigenvalue weighted by Gasteiger charge is 2.29. The SMILES string of the molecule is CCn1ccnc(NC2(C)CCCC2)c1=O. The molecule has 1 aromatic heterocycles. The van der Waals surface area contributed by atoms with Crippen LogP contribution in [0.3, 0.4) is 0 Å². The molecule has 2 rings (SSSR count). The van der Waals surface area contributed by atoms with Crippen molar-refractivity contribution in [3.05, 3.63) is 22.7 Å². The Hall–Kier alpha value is -1.32. The van der Waals surface area contributed by atoms with Crippen LogP contribution in [0, 0.1) is 0 Å². The Balaban J connectivity index is 2.24. The first-order chi connectivity index (χ1) is 7.64. The summed E-state index contributed by atoms with van der Waals surface area (Å²) in [6.45, 7) is 4.82. The molecule has 4 nitrogen and oxygen atoms in total. The van der Waals surface area contributed by atoms with Crippen molar-refractivity contribution in [2.75, 3.05) is 5.32 Å². The minimum atomic E-state index is -0.0156. The van der Waals surface area contributed by atoms with E-state index in [0.29, 0.717) is 12.4 Å². The zero-order chi connectivity index (χ0) is 11.6. The number of rotatable bonds is 3. The van der Waals surface area contributed by atoms with E-state index in [1.54, 1.807) is 17.0 Å². The second kappa shape index (κ2) is 4.28. The van der Waals surface area contributed by atoms with E-state index in [9.17, 15) is 4.79 Å². The lowest BCUT2D eigenvalue weighted by Gasteiger charge is -2.25. The minimum absolute atomic E-state index is 0.0156. The summed E-state index contributed by atoms with van der Waals surface area (Å²) in [5.74, 6) is 0.494. The molecule has 0 unspecified atom stereocenters. The molecule has 1 aromatic rings. The van der Waals surface area contributed by atoms with Gasteiger partial charge < -0.3 is 9.88 Å². The lowest BCUT2D eigenvalue weighted by atomic mass is 10.0. The van der Waals surface area contributed by atoms with Crippen LogP contribution in [0.1, 0.15) is 39.5 Å². The maximum Gasteiger partial charge on any atom is 0.293 e. The predicted octanol–water partition coefficient (Wildman–Crippen LogP) is 2.01. The van der Waals surface area contributed by atoms with Crippen molar-refractivity contribution in [1.29, 1.82) is 0 Å². The average Bonchev–Trinajstić information content (AvgIpc) is 2.68. The summed E-state index contributed by atoms with van der Waals surface area (Å²) in [4.78, 5) is 16.1. The van der Waals surface area contributed by atoms with Gasteiger partial charge in [0, 0.05) is 24.5 Å². The monoisotopic (exact) mass is 221 g/mol. The number of hydrogen-bond donors (Lipinski definition) is 1. The second-order valence-electron chi connectivity index (χ2n) is 4.76. The second-order valence-corrected chi connectivity index (χ2v) is 4.76. The number of aromatic nitrogens is 2. The standard InChI is InChI=1S/C12H19N3O/c1-3-15-9-8-13-10(11(15)16)14-12(2)6-4-5-7-12/h8-9H,3-7H2,1-2H3,(H,13,14). The van der Waals surface area contributed by atoms with Gasteiger partial charge in [-0.1, -0.05) is 12.8 Å². The van der Waals surface area contributed by atoms with Crippen molar-refractivity contribution < 1.29 is 0 Å². The summed E-state index contributed by atoms with van der Waals surface area (Å²) in [6.07, 6.45) is 8.12. The summed E-state index contributed by atoms with van der Waals surface area (Å²) in [6, 6.07) is 0. The Morgan fingerprint density at radius 3 is 2.81 bits per heavy atom. The lowest BCUT2D eigenvalue weighted by Crippen LogP contribution is -2.35. The number of anilines is 1. The van der Waals surface area contributed by atoms with E-state index in [-0.39, 0.29) is 11.1 Å². The average molecular weight is 221 g/mol. The van der Waals surface area contributed by atoms with E-state index in [2.05, 4.69) is 17.2 Å². The third-order valence-corrected chi connectivity index (χ3v) is 3.38. The highest BCUT2D eigenvalue weighted by molar-refractivity contribution is 5.35. The van der Waals surface area contributed by atoms with Crippen LogP contribution in [0.15, 0.2) is 17.2 Å². The molecule has 4 heteroatoms. The van der Waals surface area contributed by atoms with Gasteiger partial charge in [-0.05, 0) is 26.7 Å². The Morgan fingerprint density at radius 1 is 1.50 bits per heavy atom. The highest BCUT2D eigenvalue weighted by Crippen LogP contribution is 2.31. The molecule has 0 aromatic carbocycles. The molecule has 1 fully saturated rings. The van der Waals surface area contributed by atoms with Crippen LogP contribution in [0.4, 0.5) is 5.82 Å². The fraction of sp³-hybridized carbons (Fsp3) is 0.667. The molecule has 1 heterocycles. The largest absolute Gasteiger partial charge is 0.360 e. The van der Waals surface area contributed by atoms with Crippen molar-refractivity contribution in [3.63, 3.8) is 0 Å². The molecule has 0 amide bonds. The first-order valence-electron chi connectivity index (χ1n) is 5.98. The van der Waals surface area contributed by atoms with E-state index in [1.807, 2.05) is 6.92 Å². The van der Waals surface area contributed by atoms with Crippen LogP contribution in [0.25, 0.3) is 0 Å². The van der Waals surface area contributed by atoms with Gasteiger partial charge in [0.2, 0.25) is 0 Å². The lowest BCUT2D eigenvalue weighted by molar-refractivity contribution is 0.528. The summed E-state index contributed by atoms with van der Waals surface area (Å²) >= 11 is 0. The van der Waals surface area contributed by atoms with Crippen LogP contribution >= 0.6 is 0 Å². The van der Waals surface area contributed by atoms with E-state index >= 15 is 0 Å². The smallest absolute Gasteiger partial charge is 0.293 e. The van der Waals surface area contributed by atoms with Gasteiger partial charge in [-0.2, -0.15) is 0 Å². The molecule has 1 saturated carbocycles. The maximum atomic E-state index is 12.0. The van der Waals surface area contributed by atoms with E-state index in [0.717, 1.165) is 12.8 Å². The summed E-state index contributed by atoms with van der Waals surface area (Å²) in [7, 11) is 0. The van der Waals surface area contributed by atoms with Gasteiger partial charge in [-0.3, -0.25) is 4.79 Å². The van der Waals surface area contributed by atoms with Crippen LogP contribution in [0.2, 0.25) is 0 Å². The van der Waals surface area contributed by atoms with Gasteiger partial charge in [0.15, 0.2) is 5.82 Å². The van der Waals surface area contributed by atoms with Crippen molar-refractivity contribution in [3.8, 4) is 0 Å². The van der Waals surface area contributed by atoms with Gasteiger partial charge in [-0.15, -0.1) is 0 Å². The third-order valence-electron chi connectivity index (χ3n) is 3.38. The van der Waals surface area contributed by atoms with E-state index in [1.165, 1.54) is 12.8 Å². The van der Waals surface area contributed by atoms with Crippen LogP contribution in [-0.2, 0) is 6.54 Å². The van der Waals surface area contributed by atoms with Crippen molar-refractivity contribution in [2.45, 2.75) is 51.6 Å². The molecule has 1 aliphatic rings. The number of aryl methyl sites for hydroxylation is 1. The van der Waals surface area contributed by atoms with Gasteiger partial charge in [0.1, 0.15) is 0 Å². The maximum absolute atomic E-state index is 12.0. The van der Waals surface area contributed by atoms with Gasteiger partial charge in [0.25, 0.3) is 5.56 Å². The summed E-state index contributed by atoms with van der Waals surface area (Å²) < 4.78 is 1.67. The third kappa shape index (κ3) is 2.10. The van der Waals surface area contributed by atoms with Gasteiger partial charge in [0.05, 0.1) is 0 Å². The topological polar surface area (TPSA) is 46.9 Å². The number of nitrogens with one attached hydrogen (secondary N) is 1. The first kappa shape index (κ1) is 11.2. The van der Waals surface area contributed by atoms with Gasteiger partial charge >= 0.3 is 0 Å². The first-order valence-corrected chi connectivity index (χ1v) is 5.98. The molecular formula is C12H19N3O. The molecule has 0 bridgehead atoms. The zero-order valence-electron chi connectivity index (χ0n) is 9.99. The minimum Gasteiger partial charge on any atom is -0.360 e. The molecular weight excluding hydrogens is 202 g/mol. The van der Waals surface area contributed by atoms with Crippen LogP contribution < -0.4 is 10.9 Å². The molecule has 0 spiro atoms. The molecule has 16 heavy (non-hydrogen) atoms. The molecule has 0 radical (unpaired) electrons. The molecule has 88 valence electrons. The Bertz CT molecular complexity index is 419. The fourth-order valence-corrected chi connectivity index (χ4v) is 2.35. The quantitative estimate of drug-likeness (QED) is 0.849. The van der Waals surface area contributed by atoms with Crippen molar-refractivity contribution in [1.82, 2.24) is 9.55 Å². The van der Waals surface area contributed by atoms with Crippen molar-refractivity contribution >= 4 is 5.82 Å². The Labute approximate surface area is 95.7 Å². The normalized spacial score (nSPS) is 18.6. The molecule has 0 atom stereocenters. The fourth-order valence-electron chi connectivity index (χ4n) is 2.35. The molecule has 1 aliphatic carbocycles. The highest BCUT2D eigenvalue weighted by atomic mass is 16.1. The molecule has 0 aliphatic heterocycles. The van der Waals surface area contributed by atoms with Crippen LogP contribution in [-0.4, -0.2) is 15.1 Å². The van der Waals surface area contributed by atoms with Gasteiger partial charge in [-0.25, -0.2) is 4.98 Å². The number of hydrogen-bond acceptors (Lipinski definition) is 3. The zero-order valence-corrected chi connectivity index (χ0v) is 9.99. The van der Waals surface area contributed by atoms with E-state index in [4.69, 9.17) is 0 Å². The number of nitrogens with zero attached hydrogens (tertiary/aromatic N) is 2. The molecule has 0 saturated heterocycles. The summed E-state index contributed by atoms with van der Waals surface area (Å²) in [5, 5.41) is 3.32. The summed E-state index contributed by atoms with van der Waals surface area (Å²) in [5.41, 5.74) is 0.0390. The van der Waals surface area contributed by atoms with Crippen molar-refractivity contribution in [2.24, 2.45) is 0 Å². The molecule has 1 N–H and O–H groups in total. The predicted molar refractivity (Wildman–Crippen MR) is 64.7 cm³/mol. The van der Waals surface area contributed by atoms with Crippen LogP contribution in [0.5, 0.6) is 0 Å². The Morgan fingerprint density at radius 2 is 2.19 bits per heavy atom. The Kier molecular flexibility index (Phi) is 2.99.